The minimum atomic E-state index is -0.0880. The molecule has 0 aromatic rings. The lowest BCUT2D eigenvalue weighted by Crippen LogP contribution is -2.15. The Morgan fingerprint density at radius 2 is 1.08 bits per heavy atom. The first kappa shape index (κ1) is 24.9. The average Bonchev–Trinajstić information content (AvgIpc) is 2.63. The smallest absolute Gasteiger partial charge is 0.305 e. The molecule has 0 aliphatic carbocycles. The van der Waals surface area contributed by atoms with E-state index in [0.29, 0.717) is 24.7 Å². The molecule has 4 nitrogen and oxygen atoms in total. The van der Waals surface area contributed by atoms with E-state index in [2.05, 4.69) is 18.6 Å². The van der Waals surface area contributed by atoms with Gasteiger partial charge in [-0.15, -0.1) is 0 Å². The van der Waals surface area contributed by atoms with Crippen LogP contribution in [0.25, 0.3) is 0 Å². The quantitative estimate of drug-likeness (QED) is 0.230. The van der Waals surface area contributed by atoms with Gasteiger partial charge in [0.25, 0.3) is 0 Å². The Bertz CT molecular complexity index is 352. The summed E-state index contributed by atoms with van der Waals surface area (Å²) in [6, 6.07) is 0. The Morgan fingerprint density at radius 3 is 1.50 bits per heavy atom. The summed E-state index contributed by atoms with van der Waals surface area (Å²) >= 11 is 0. The molecular formula is C22H42O4. The molecule has 4 heteroatoms. The van der Waals surface area contributed by atoms with Crippen molar-refractivity contribution in [1.82, 2.24) is 0 Å². The van der Waals surface area contributed by atoms with Crippen molar-refractivity contribution in [3.05, 3.63) is 0 Å². The molecule has 0 bridgehead atoms. The monoisotopic (exact) mass is 370 g/mol. The third-order valence-electron chi connectivity index (χ3n) is 5.28. The first-order valence-corrected chi connectivity index (χ1v) is 10.6. The van der Waals surface area contributed by atoms with E-state index in [1.165, 1.54) is 72.0 Å². The third-order valence-corrected chi connectivity index (χ3v) is 5.28. The number of rotatable bonds is 17. The van der Waals surface area contributed by atoms with Crippen molar-refractivity contribution < 1.29 is 19.1 Å². The number of carbonyl (C=O) groups is 2. The van der Waals surface area contributed by atoms with E-state index >= 15 is 0 Å². The second kappa shape index (κ2) is 17.4. The molecule has 0 aromatic carbocycles. The Balaban J connectivity index is 3.39. The van der Waals surface area contributed by atoms with Gasteiger partial charge in [-0.05, 0) is 24.7 Å². The normalized spacial score (nSPS) is 12.2. The third kappa shape index (κ3) is 15.2. The van der Waals surface area contributed by atoms with Gasteiger partial charge < -0.3 is 9.47 Å². The zero-order chi connectivity index (χ0) is 19.6. The van der Waals surface area contributed by atoms with Crippen molar-refractivity contribution in [3.63, 3.8) is 0 Å². The molecule has 0 rings (SSSR count). The highest BCUT2D eigenvalue weighted by Crippen LogP contribution is 2.23. The van der Waals surface area contributed by atoms with Gasteiger partial charge in [-0.1, -0.05) is 78.1 Å². The fraction of sp³-hybridized carbons (Fsp3) is 0.909. The highest BCUT2D eigenvalue weighted by Gasteiger charge is 2.17. The molecule has 0 N–H and O–H groups in total. The van der Waals surface area contributed by atoms with Crippen molar-refractivity contribution >= 4 is 11.9 Å². The summed E-state index contributed by atoms with van der Waals surface area (Å²) < 4.78 is 9.44. The van der Waals surface area contributed by atoms with Crippen LogP contribution in [-0.4, -0.2) is 26.2 Å². The van der Waals surface area contributed by atoms with Crippen LogP contribution < -0.4 is 0 Å². The average molecular weight is 371 g/mol. The molecule has 0 aliphatic heterocycles. The lowest BCUT2D eigenvalue weighted by Gasteiger charge is -2.19. The predicted molar refractivity (Wildman–Crippen MR) is 107 cm³/mol. The second-order valence-corrected chi connectivity index (χ2v) is 7.79. The molecule has 26 heavy (non-hydrogen) atoms. The van der Waals surface area contributed by atoms with Crippen LogP contribution >= 0.6 is 0 Å². The van der Waals surface area contributed by atoms with Gasteiger partial charge in [0.1, 0.15) is 0 Å². The summed E-state index contributed by atoms with van der Waals surface area (Å²) in [6.07, 6.45) is 16.0. The lowest BCUT2D eigenvalue weighted by molar-refractivity contribution is -0.142. The van der Waals surface area contributed by atoms with Crippen LogP contribution in [0.1, 0.15) is 104 Å². The van der Waals surface area contributed by atoms with Crippen LogP contribution in [0.3, 0.4) is 0 Å². The highest BCUT2D eigenvalue weighted by atomic mass is 16.5. The largest absolute Gasteiger partial charge is 0.469 e. The standard InChI is InChI=1S/C22H42O4/c1-19(2)20(18-22(24)26-4)16-14-12-10-8-6-5-7-9-11-13-15-17-21(23)25-3/h19-20H,5-18H2,1-4H3. The van der Waals surface area contributed by atoms with Crippen LogP contribution in [0.2, 0.25) is 0 Å². The Kier molecular flexibility index (Phi) is 16.7. The minimum Gasteiger partial charge on any atom is -0.469 e. The van der Waals surface area contributed by atoms with E-state index < -0.39 is 0 Å². The summed E-state index contributed by atoms with van der Waals surface area (Å²) in [5, 5.41) is 0. The molecule has 1 unspecified atom stereocenters. The van der Waals surface area contributed by atoms with E-state index in [-0.39, 0.29) is 11.9 Å². The Labute approximate surface area is 161 Å². The van der Waals surface area contributed by atoms with Crippen molar-refractivity contribution in [2.45, 2.75) is 104 Å². The number of unbranched alkanes of at least 4 members (excludes halogenated alkanes) is 10. The maximum Gasteiger partial charge on any atom is 0.305 e. The number of carbonyl (C=O) groups excluding carboxylic acids is 2. The number of methoxy groups -OCH3 is 2. The van der Waals surface area contributed by atoms with Crippen LogP contribution in [0.4, 0.5) is 0 Å². The second-order valence-electron chi connectivity index (χ2n) is 7.79. The minimum absolute atomic E-state index is 0.0750. The SMILES string of the molecule is COC(=O)CCCCCCCCCCCCCC(CC(=O)OC)C(C)C. The van der Waals surface area contributed by atoms with Gasteiger partial charge in [0.2, 0.25) is 0 Å². The Morgan fingerprint density at radius 1 is 0.654 bits per heavy atom. The molecule has 0 aliphatic rings. The summed E-state index contributed by atoms with van der Waals surface area (Å²) in [7, 11) is 2.93. The van der Waals surface area contributed by atoms with Gasteiger partial charge in [-0.3, -0.25) is 9.59 Å². The van der Waals surface area contributed by atoms with Gasteiger partial charge in [-0.25, -0.2) is 0 Å². The zero-order valence-electron chi connectivity index (χ0n) is 17.7. The number of hydrogen-bond donors (Lipinski definition) is 0. The van der Waals surface area contributed by atoms with Gasteiger partial charge in [-0.2, -0.15) is 0 Å². The summed E-state index contributed by atoms with van der Waals surface area (Å²) in [6.45, 7) is 4.39. The highest BCUT2D eigenvalue weighted by molar-refractivity contribution is 5.69. The van der Waals surface area contributed by atoms with Crippen molar-refractivity contribution in [3.8, 4) is 0 Å². The molecule has 154 valence electrons. The summed E-state index contributed by atoms with van der Waals surface area (Å²) in [5.41, 5.74) is 0. The van der Waals surface area contributed by atoms with E-state index in [4.69, 9.17) is 4.74 Å². The van der Waals surface area contributed by atoms with Crippen LogP contribution in [-0.2, 0) is 19.1 Å². The summed E-state index contributed by atoms with van der Waals surface area (Å²) in [4.78, 5) is 22.4. The van der Waals surface area contributed by atoms with Gasteiger partial charge in [0, 0.05) is 12.8 Å². The van der Waals surface area contributed by atoms with Crippen molar-refractivity contribution in [2.24, 2.45) is 11.8 Å². The van der Waals surface area contributed by atoms with Gasteiger partial charge in [0.05, 0.1) is 14.2 Å². The van der Waals surface area contributed by atoms with Crippen LogP contribution in [0.5, 0.6) is 0 Å². The van der Waals surface area contributed by atoms with Crippen LogP contribution in [0.15, 0.2) is 0 Å². The van der Waals surface area contributed by atoms with E-state index in [0.717, 1.165) is 19.3 Å². The van der Waals surface area contributed by atoms with Gasteiger partial charge >= 0.3 is 11.9 Å². The molecule has 0 aromatic heterocycles. The Hall–Kier alpha value is -1.06. The van der Waals surface area contributed by atoms with Crippen molar-refractivity contribution in [1.29, 1.82) is 0 Å². The first-order valence-electron chi connectivity index (χ1n) is 10.6. The fourth-order valence-electron chi connectivity index (χ4n) is 3.34. The van der Waals surface area contributed by atoms with E-state index in [1.807, 2.05) is 0 Å². The fourth-order valence-corrected chi connectivity index (χ4v) is 3.34. The molecule has 0 amide bonds. The molecular weight excluding hydrogens is 328 g/mol. The summed E-state index contributed by atoms with van der Waals surface area (Å²) in [5.74, 6) is 0.840. The molecule has 0 saturated carbocycles. The molecule has 1 atom stereocenters. The van der Waals surface area contributed by atoms with E-state index in [1.54, 1.807) is 0 Å². The molecule has 0 radical (unpaired) electrons. The molecule has 0 saturated heterocycles. The van der Waals surface area contributed by atoms with Crippen molar-refractivity contribution in [2.75, 3.05) is 14.2 Å². The van der Waals surface area contributed by atoms with Gasteiger partial charge in [0.15, 0.2) is 0 Å². The van der Waals surface area contributed by atoms with E-state index in [9.17, 15) is 9.59 Å². The predicted octanol–water partition coefficient (Wildman–Crippen LogP) is 6.07. The number of ether oxygens (including phenoxy) is 2. The topological polar surface area (TPSA) is 52.6 Å². The molecule has 0 heterocycles. The first-order chi connectivity index (χ1) is 12.5. The lowest BCUT2D eigenvalue weighted by atomic mass is 9.87. The number of esters is 2. The number of hydrogen-bond acceptors (Lipinski definition) is 4. The molecule has 0 fully saturated rings. The van der Waals surface area contributed by atoms with Crippen LogP contribution in [0, 0.1) is 11.8 Å². The zero-order valence-corrected chi connectivity index (χ0v) is 17.7. The maximum absolute atomic E-state index is 11.4. The molecule has 0 spiro atoms. The maximum atomic E-state index is 11.4.